The number of aromatic nitrogens is 2. The van der Waals surface area contributed by atoms with Crippen molar-refractivity contribution in [3.63, 3.8) is 0 Å². The Hall–Kier alpha value is -0.730. The van der Waals surface area contributed by atoms with E-state index in [-0.39, 0.29) is 5.38 Å². The molecule has 0 aliphatic heterocycles. The van der Waals surface area contributed by atoms with Gasteiger partial charge in [0.05, 0.1) is 16.4 Å². The third-order valence-corrected chi connectivity index (χ3v) is 4.07. The highest BCUT2D eigenvalue weighted by molar-refractivity contribution is 6.31. The van der Waals surface area contributed by atoms with Crippen molar-refractivity contribution in [1.82, 2.24) is 9.55 Å². The van der Waals surface area contributed by atoms with Crippen molar-refractivity contribution in [2.75, 3.05) is 0 Å². The maximum absolute atomic E-state index is 6.31. The first-order chi connectivity index (χ1) is 9.40. The first-order valence-corrected chi connectivity index (χ1v) is 8.03. The Bertz CT molecular complexity index is 587. The average molecular weight is 313 g/mol. The topological polar surface area (TPSA) is 17.8 Å². The lowest BCUT2D eigenvalue weighted by Crippen LogP contribution is -2.11. The molecule has 0 N–H and O–H groups in total. The molecule has 2 rings (SSSR count). The zero-order valence-electron chi connectivity index (χ0n) is 12.5. The van der Waals surface area contributed by atoms with Crippen LogP contribution in [0, 0.1) is 5.92 Å². The summed E-state index contributed by atoms with van der Waals surface area (Å²) in [6.45, 7) is 8.70. The monoisotopic (exact) mass is 312 g/mol. The quantitative estimate of drug-likeness (QED) is 0.620. The van der Waals surface area contributed by atoms with Crippen molar-refractivity contribution in [2.24, 2.45) is 5.92 Å². The van der Waals surface area contributed by atoms with Gasteiger partial charge in [-0.05, 0) is 50.8 Å². The van der Waals surface area contributed by atoms with Crippen LogP contribution in [0.2, 0.25) is 5.02 Å². The van der Waals surface area contributed by atoms with Crippen molar-refractivity contribution in [3.8, 4) is 0 Å². The van der Waals surface area contributed by atoms with E-state index < -0.39 is 0 Å². The lowest BCUT2D eigenvalue weighted by atomic mass is 10.0. The molecule has 0 spiro atoms. The normalized spacial score (nSPS) is 14.9. The number of nitrogens with zero attached hydrogens (tertiary/aromatic N) is 2. The van der Waals surface area contributed by atoms with Gasteiger partial charge < -0.3 is 4.57 Å². The molecule has 0 fully saturated rings. The summed E-state index contributed by atoms with van der Waals surface area (Å²) in [5.74, 6) is 1.63. The second kappa shape index (κ2) is 6.36. The molecule has 2 nitrogen and oxygen atoms in total. The number of benzene rings is 1. The van der Waals surface area contributed by atoms with Crippen LogP contribution in [-0.2, 0) is 0 Å². The number of alkyl halides is 1. The van der Waals surface area contributed by atoms with Gasteiger partial charge in [-0.25, -0.2) is 4.98 Å². The second-order valence-corrected chi connectivity index (χ2v) is 7.00. The summed E-state index contributed by atoms with van der Waals surface area (Å²) in [6, 6.07) is 6.20. The largest absolute Gasteiger partial charge is 0.324 e. The highest BCUT2D eigenvalue weighted by atomic mass is 35.5. The van der Waals surface area contributed by atoms with E-state index in [4.69, 9.17) is 23.2 Å². The Morgan fingerprint density at radius 2 is 1.85 bits per heavy atom. The summed E-state index contributed by atoms with van der Waals surface area (Å²) in [4.78, 5) is 4.67. The first-order valence-electron chi connectivity index (χ1n) is 7.21. The van der Waals surface area contributed by atoms with Crippen LogP contribution in [-0.4, -0.2) is 9.55 Å². The number of rotatable bonds is 5. The molecular weight excluding hydrogens is 291 g/mol. The minimum absolute atomic E-state index is 0.109. The van der Waals surface area contributed by atoms with E-state index in [1.54, 1.807) is 0 Å². The molecular formula is C16H22Cl2N2. The zero-order chi connectivity index (χ0) is 14.9. The van der Waals surface area contributed by atoms with Crippen LogP contribution in [0.5, 0.6) is 0 Å². The van der Waals surface area contributed by atoms with E-state index in [9.17, 15) is 0 Å². The van der Waals surface area contributed by atoms with E-state index in [1.807, 2.05) is 25.1 Å². The summed E-state index contributed by atoms with van der Waals surface area (Å²) in [6.07, 6.45) is 2.31. The minimum Gasteiger partial charge on any atom is -0.324 e. The molecule has 1 aromatic heterocycles. The molecule has 110 valence electrons. The Morgan fingerprint density at radius 3 is 2.45 bits per heavy atom. The minimum atomic E-state index is -0.109. The van der Waals surface area contributed by atoms with Crippen LogP contribution in [0.1, 0.15) is 57.8 Å². The van der Waals surface area contributed by atoms with Crippen LogP contribution in [0.15, 0.2) is 18.2 Å². The van der Waals surface area contributed by atoms with Crippen molar-refractivity contribution >= 4 is 34.2 Å². The van der Waals surface area contributed by atoms with Crippen molar-refractivity contribution in [3.05, 3.63) is 29.0 Å². The zero-order valence-corrected chi connectivity index (χ0v) is 14.0. The molecule has 20 heavy (non-hydrogen) atoms. The number of hydrogen-bond acceptors (Lipinski definition) is 1. The fraction of sp³-hybridized carbons (Fsp3) is 0.562. The van der Waals surface area contributed by atoms with E-state index in [0.717, 1.165) is 28.3 Å². The molecule has 2 aromatic rings. The average Bonchev–Trinajstić information content (AvgIpc) is 2.74. The van der Waals surface area contributed by atoms with Crippen LogP contribution < -0.4 is 0 Å². The van der Waals surface area contributed by atoms with Gasteiger partial charge >= 0.3 is 0 Å². The van der Waals surface area contributed by atoms with Crippen molar-refractivity contribution in [1.29, 1.82) is 0 Å². The maximum atomic E-state index is 6.31. The molecule has 0 bridgehead atoms. The van der Waals surface area contributed by atoms with Gasteiger partial charge in [0, 0.05) is 11.1 Å². The van der Waals surface area contributed by atoms with Gasteiger partial charge in [-0.2, -0.15) is 0 Å². The Morgan fingerprint density at radius 1 is 1.15 bits per heavy atom. The van der Waals surface area contributed by atoms with Gasteiger partial charge in [-0.1, -0.05) is 25.4 Å². The van der Waals surface area contributed by atoms with E-state index in [0.29, 0.717) is 12.0 Å². The molecule has 2 unspecified atom stereocenters. The Balaban J connectivity index is 2.47. The molecule has 0 radical (unpaired) electrons. The van der Waals surface area contributed by atoms with Gasteiger partial charge in [0.1, 0.15) is 5.82 Å². The summed E-state index contributed by atoms with van der Waals surface area (Å²) in [7, 11) is 0. The Kier molecular flexibility index (Phi) is 4.98. The lowest BCUT2D eigenvalue weighted by Gasteiger charge is -2.19. The highest BCUT2D eigenvalue weighted by Gasteiger charge is 2.19. The summed E-state index contributed by atoms with van der Waals surface area (Å²) in [5.41, 5.74) is 2.05. The lowest BCUT2D eigenvalue weighted by molar-refractivity contribution is 0.437. The SMILES string of the molecule is CC(C)CCC(C)n1c(C(C)Cl)nc2ccc(Cl)cc21. The first kappa shape index (κ1) is 15.7. The third kappa shape index (κ3) is 3.29. The fourth-order valence-corrected chi connectivity index (χ4v) is 2.85. The van der Waals surface area contributed by atoms with Crippen LogP contribution in [0.4, 0.5) is 0 Å². The maximum Gasteiger partial charge on any atom is 0.127 e. The summed E-state index contributed by atoms with van der Waals surface area (Å²) in [5, 5.41) is 0.631. The number of halogens is 2. The molecule has 4 heteroatoms. The van der Waals surface area contributed by atoms with Gasteiger partial charge in [-0.15, -0.1) is 11.6 Å². The van der Waals surface area contributed by atoms with Crippen molar-refractivity contribution in [2.45, 2.75) is 52.0 Å². The predicted octanol–water partition coefficient (Wildman–Crippen LogP) is 5.99. The molecule has 1 aromatic carbocycles. The van der Waals surface area contributed by atoms with Crippen LogP contribution >= 0.6 is 23.2 Å². The van der Waals surface area contributed by atoms with Gasteiger partial charge in [0.2, 0.25) is 0 Å². The van der Waals surface area contributed by atoms with Gasteiger partial charge in [0.25, 0.3) is 0 Å². The summed E-state index contributed by atoms with van der Waals surface area (Å²) >= 11 is 12.4. The standard InChI is InChI=1S/C16H22Cl2N2/c1-10(2)5-6-11(3)20-15-9-13(18)7-8-14(15)19-16(20)12(4)17/h7-12H,5-6H2,1-4H3. The van der Waals surface area contributed by atoms with Gasteiger partial charge in [0.15, 0.2) is 0 Å². The van der Waals surface area contributed by atoms with E-state index in [2.05, 4.69) is 30.3 Å². The Labute approximate surface area is 131 Å². The predicted molar refractivity (Wildman–Crippen MR) is 87.8 cm³/mol. The third-order valence-electron chi connectivity index (χ3n) is 3.64. The molecule has 2 atom stereocenters. The van der Waals surface area contributed by atoms with Gasteiger partial charge in [-0.3, -0.25) is 0 Å². The number of hydrogen-bond donors (Lipinski definition) is 0. The molecule has 0 saturated heterocycles. The fourth-order valence-electron chi connectivity index (χ4n) is 2.53. The molecule has 0 saturated carbocycles. The number of imidazole rings is 1. The van der Waals surface area contributed by atoms with Crippen LogP contribution in [0.25, 0.3) is 11.0 Å². The molecule has 0 aliphatic carbocycles. The van der Waals surface area contributed by atoms with Crippen molar-refractivity contribution < 1.29 is 0 Å². The highest BCUT2D eigenvalue weighted by Crippen LogP contribution is 2.31. The number of fused-ring (bicyclic) bond motifs is 1. The molecule has 0 aliphatic rings. The summed E-state index contributed by atoms with van der Waals surface area (Å²) < 4.78 is 2.25. The van der Waals surface area contributed by atoms with E-state index in [1.165, 1.54) is 6.42 Å². The smallest absolute Gasteiger partial charge is 0.127 e. The van der Waals surface area contributed by atoms with E-state index >= 15 is 0 Å². The molecule has 0 amide bonds. The van der Waals surface area contributed by atoms with Crippen LogP contribution in [0.3, 0.4) is 0 Å². The molecule has 1 heterocycles. The second-order valence-electron chi connectivity index (χ2n) is 5.91.